The number of fused-ring (bicyclic) bond motifs is 1. The van der Waals surface area contributed by atoms with E-state index in [2.05, 4.69) is 4.99 Å². The fraction of sp³-hybridized carbons (Fsp3) is 0.375. The van der Waals surface area contributed by atoms with Gasteiger partial charge in [-0.2, -0.15) is 9.30 Å². The van der Waals surface area contributed by atoms with Crippen LogP contribution in [0.15, 0.2) is 52.4 Å². The number of carbonyl (C=O) groups is 2. The van der Waals surface area contributed by atoms with Gasteiger partial charge in [0, 0.05) is 25.6 Å². The monoisotopic (exact) mass is 501 g/mol. The average molecular weight is 502 g/mol. The first kappa shape index (κ1) is 24.3. The van der Waals surface area contributed by atoms with Crippen LogP contribution in [0.25, 0.3) is 10.2 Å². The first-order chi connectivity index (χ1) is 16.2. The van der Waals surface area contributed by atoms with Gasteiger partial charge in [0.25, 0.3) is 5.91 Å². The van der Waals surface area contributed by atoms with Crippen LogP contribution in [-0.2, 0) is 26.1 Å². The van der Waals surface area contributed by atoms with Crippen LogP contribution in [0.1, 0.15) is 35.7 Å². The van der Waals surface area contributed by atoms with Gasteiger partial charge in [0.15, 0.2) is 4.80 Å². The van der Waals surface area contributed by atoms with Crippen molar-refractivity contribution >= 4 is 43.5 Å². The van der Waals surface area contributed by atoms with Crippen molar-refractivity contribution in [3.8, 4) is 0 Å². The molecule has 1 amide bonds. The molecule has 0 aliphatic carbocycles. The Morgan fingerprint density at radius 3 is 2.41 bits per heavy atom. The number of nitrogens with zero attached hydrogens (tertiary/aromatic N) is 3. The predicted molar refractivity (Wildman–Crippen MR) is 130 cm³/mol. The molecule has 1 aliphatic heterocycles. The summed E-state index contributed by atoms with van der Waals surface area (Å²) in [5, 5.41) is 0. The molecule has 2 heterocycles. The zero-order valence-corrected chi connectivity index (χ0v) is 21.0. The van der Waals surface area contributed by atoms with Crippen LogP contribution in [0.2, 0.25) is 0 Å². The highest BCUT2D eigenvalue weighted by Gasteiger charge is 2.32. The van der Waals surface area contributed by atoms with E-state index in [1.807, 2.05) is 24.5 Å². The van der Waals surface area contributed by atoms with Crippen LogP contribution in [0.3, 0.4) is 0 Å². The SMILES string of the molecule is CCn1c(=NC(=O)C2CCN(S(=O)(=O)c3ccc(C)cc3)CC2)sc2cc(C(=O)OC)ccc21. The molecule has 10 heteroatoms. The van der Waals surface area contributed by atoms with E-state index in [0.29, 0.717) is 29.8 Å². The number of thiazole rings is 1. The molecule has 0 radical (unpaired) electrons. The predicted octanol–water partition coefficient (Wildman–Crippen LogP) is 3.35. The van der Waals surface area contributed by atoms with Gasteiger partial charge in [0.1, 0.15) is 0 Å². The summed E-state index contributed by atoms with van der Waals surface area (Å²) in [6, 6.07) is 12.1. The summed E-state index contributed by atoms with van der Waals surface area (Å²) in [5.74, 6) is -0.986. The number of methoxy groups -OCH3 is 1. The minimum Gasteiger partial charge on any atom is -0.465 e. The molecule has 4 rings (SSSR count). The number of benzene rings is 2. The normalized spacial score (nSPS) is 16.1. The zero-order chi connectivity index (χ0) is 24.5. The van der Waals surface area contributed by atoms with Crippen molar-refractivity contribution in [1.29, 1.82) is 0 Å². The van der Waals surface area contributed by atoms with Gasteiger partial charge in [-0.05, 0) is 57.0 Å². The van der Waals surface area contributed by atoms with E-state index in [1.165, 1.54) is 22.8 Å². The molecule has 1 saturated heterocycles. The van der Waals surface area contributed by atoms with Crippen molar-refractivity contribution in [3.05, 3.63) is 58.4 Å². The number of ether oxygens (including phenoxy) is 1. The fourth-order valence-corrected chi connectivity index (χ4v) is 6.71. The van der Waals surface area contributed by atoms with Crippen molar-refractivity contribution in [2.24, 2.45) is 10.9 Å². The first-order valence-corrected chi connectivity index (χ1v) is 13.4. The maximum absolute atomic E-state index is 13.0. The van der Waals surface area contributed by atoms with E-state index in [1.54, 1.807) is 36.4 Å². The van der Waals surface area contributed by atoms with Crippen molar-refractivity contribution in [2.75, 3.05) is 20.2 Å². The Morgan fingerprint density at radius 1 is 1.12 bits per heavy atom. The second-order valence-corrected chi connectivity index (χ2v) is 11.2. The number of aryl methyl sites for hydroxylation is 2. The largest absolute Gasteiger partial charge is 0.465 e. The minimum atomic E-state index is -3.58. The fourth-order valence-electron chi connectivity index (χ4n) is 4.10. The molecule has 34 heavy (non-hydrogen) atoms. The van der Waals surface area contributed by atoms with Gasteiger partial charge < -0.3 is 9.30 Å². The highest BCUT2D eigenvalue weighted by Crippen LogP contribution is 2.25. The molecule has 0 atom stereocenters. The molecule has 0 unspecified atom stereocenters. The van der Waals surface area contributed by atoms with Gasteiger partial charge in [0.2, 0.25) is 10.0 Å². The number of esters is 1. The van der Waals surface area contributed by atoms with Gasteiger partial charge in [0.05, 0.1) is 27.8 Å². The average Bonchev–Trinajstić information content (AvgIpc) is 3.19. The van der Waals surface area contributed by atoms with Gasteiger partial charge in [-0.25, -0.2) is 13.2 Å². The minimum absolute atomic E-state index is 0.241. The Labute approximate surface area is 202 Å². The Morgan fingerprint density at radius 2 is 1.79 bits per heavy atom. The van der Waals surface area contributed by atoms with Gasteiger partial charge in [-0.1, -0.05) is 29.0 Å². The maximum Gasteiger partial charge on any atom is 0.337 e. The molecule has 1 aromatic heterocycles. The molecule has 3 aromatic rings. The quantitative estimate of drug-likeness (QED) is 0.500. The Kier molecular flexibility index (Phi) is 7.01. The van der Waals surface area contributed by atoms with Crippen molar-refractivity contribution in [1.82, 2.24) is 8.87 Å². The summed E-state index contributed by atoms with van der Waals surface area (Å²) in [5.41, 5.74) is 2.34. The highest BCUT2D eigenvalue weighted by molar-refractivity contribution is 7.89. The van der Waals surface area contributed by atoms with E-state index in [4.69, 9.17) is 4.74 Å². The van der Waals surface area contributed by atoms with Gasteiger partial charge >= 0.3 is 5.97 Å². The number of piperidine rings is 1. The molecular formula is C24H27N3O5S2. The van der Waals surface area contributed by atoms with Gasteiger partial charge in [-0.3, -0.25) is 4.79 Å². The molecule has 8 nitrogen and oxygen atoms in total. The second kappa shape index (κ2) is 9.81. The molecule has 0 N–H and O–H groups in total. The van der Waals surface area contributed by atoms with E-state index in [9.17, 15) is 18.0 Å². The number of hydrogen-bond acceptors (Lipinski definition) is 6. The Balaban J connectivity index is 1.52. The van der Waals surface area contributed by atoms with Gasteiger partial charge in [-0.15, -0.1) is 0 Å². The molecule has 1 fully saturated rings. The van der Waals surface area contributed by atoms with E-state index in [0.717, 1.165) is 15.8 Å². The lowest BCUT2D eigenvalue weighted by atomic mass is 9.98. The second-order valence-electron chi connectivity index (χ2n) is 8.24. The lowest BCUT2D eigenvalue weighted by molar-refractivity contribution is -0.122. The van der Waals surface area contributed by atoms with Crippen LogP contribution >= 0.6 is 11.3 Å². The molecule has 0 saturated carbocycles. The smallest absolute Gasteiger partial charge is 0.337 e. The van der Waals surface area contributed by atoms with Crippen LogP contribution < -0.4 is 4.80 Å². The van der Waals surface area contributed by atoms with Crippen molar-refractivity contribution in [3.63, 3.8) is 0 Å². The summed E-state index contributed by atoms with van der Waals surface area (Å²) in [7, 11) is -2.24. The van der Waals surface area contributed by atoms with Crippen molar-refractivity contribution < 1.29 is 22.7 Å². The van der Waals surface area contributed by atoms with E-state index in [-0.39, 0.29) is 29.8 Å². The standard InChI is InChI=1S/C24H27N3O5S2/c1-4-27-20-10-7-18(23(29)32-3)15-21(20)33-24(27)25-22(28)17-11-13-26(14-12-17)34(30,31)19-8-5-16(2)6-9-19/h5-10,15,17H,4,11-14H2,1-3H3. The van der Waals surface area contributed by atoms with E-state index < -0.39 is 16.0 Å². The van der Waals surface area contributed by atoms with Crippen LogP contribution in [-0.4, -0.2) is 49.4 Å². The summed E-state index contributed by atoms with van der Waals surface area (Å²) < 4.78 is 34.9. The Bertz CT molecular complexity index is 1400. The molecule has 0 spiro atoms. The number of aromatic nitrogens is 1. The number of sulfonamides is 1. The highest BCUT2D eigenvalue weighted by atomic mass is 32.2. The molecule has 180 valence electrons. The molecular weight excluding hydrogens is 474 g/mol. The summed E-state index contributed by atoms with van der Waals surface area (Å²) in [6.07, 6.45) is 0.855. The maximum atomic E-state index is 13.0. The Hall–Kier alpha value is -2.82. The number of carbonyl (C=O) groups excluding carboxylic acids is 2. The van der Waals surface area contributed by atoms with E-state index >= 15 is 0 Å². The lowest BCUT2D eigenvalue weighted by Gasteiger charge is -2.29. The number of rotatable bonds is 5. The summed E-state index contributed by atoms with van der Waals surface area (Å²) >= 11 is 1.35. The topological polar surface area (TPSA) is 98.0 Å². The third-order valence-corrected chi connectivity index (χ3v) is 9.04. The molecule has 0 bridgehead atoms. The van der Waals surface area contributed by atoms with Crippen LogP contribution in [0, 0.1) is 12.8 Å². The summed E-state index contributed by atoms with van der Waals surface area (Å²) in [6.45, 7) is 5.07. The van der Waals surface area contributed by atoms with Crippen molar-refractivity contribution in [2.45, 2.75) is 38.1 Å². The third kappa shape index (κ3) is 4.70. The van der Waals surface area contributed by atoms with Crippen LogP contribution in [0.5, 0.6) is 0 Å². The zero-order valence-electron chi connectivity index (χ0n) is 19.4. The molecule has 2 aromatic carbocycles. The molecule has 1 aliphatic rings. The number of amides is 1. The lowest BCUT2D eigenvalue weighted by Crippen LogP contribution is -2.40. The number of hydrogen-bond donors (Lipinski definition) is 0. The van der Waals surface area contributed by atoms with Crippen LogP contribution in [0.4, 0.5) is 0 Å². The summed E-state index contributed by atoms with van der Waals surface area (Å²) in [4.78, 5) is 30.1. The first-order valence-electron chi connectivity index (χ1n) is 11.1. The third-order valence-electron chi connectivity index (χ3n) is 6.09.